The highest BCUT2D eigenvalue weighted by Crippen LogP contribution is 2.48. The highest BCUT2D eigenvalue weighted by atomic mass is 19.2. The summed E-state index contributed by atoms with van der Waals surface area (Å²) >= 11 is 0. The second-order valence-corrected chi connectivity index (χ2v) is 7.43. The largest absolute Gasteiger partial charge is 0.508 e. The van der Waals surface area contributed by atoms with Gasteiger partial charge >= 0.3 is 0 Å². The van der Waals surface area contributed by atoms with Crippen molar-refractivity contribution >= 4 is 11.6 Å². The van der Waals surface area contributed by atoms with Crippen LogP contribution in [0.15, 0.2) is 79.1 Å². The Morgan fingerprint density at radius 3 is 2.50 bits per heavy atom. The van der Waals surface area contributed by atoms with Crippen molar-refractivity contribution in [3.05, 3.63) is 113 Å². The molecule has 1 atom stereocenters. The van der Waals surface area contributed by atoms with Gasteiger partial charge in [0.25, 0.3) is 0 Å². The third kappa shape index (κ3) is 2.99. The van der Waals surface area contributed by atoms with Gasteiger partial charge in [-0.3, -0.25) is 4.79 Å². The maximum absolute atomic E-state index is 14.6. The van der Waals surface area contributed by atoms with Gasteiger partial charge in [0.1, 0.15) is 17.8 Å². The number of fused-ring (bicyclic) bond motifs is 1. The van der Waals surface area contributed by atoms with E-state index in [2.05, 4.69) is 10.4 Å². The van der Waals surface area contributed by atoms with E-state index in [1.807, 2.05) is 30.3 Å². The van der Waals surface area contributed by atoms with Crippen molar-refractivity contribution in [2.75, 3.05) is 5.32 Å². The first-order valence-electron chi connectivity index (χ1n) is 9.82. The zero-order valence-corrected chi connectivity index (χ0v) is 16.6. The number of carbonyl (C=O) groups is 1. The Bertz CT molecular complexity index is 1310. The van der Waals surface area contributed by atoms with Crippen LogP contribution in [-0.4, -0.2) is 21.0 Å². The molecule has 0 saturated carbocycles. The average molecular weight is 433 g/mol. The minimum Gasteiger partial charge on any atom is -0.508 e. The summed E-state index contributed by atoms with van der Waals surface area (Å²) in [5.41, 5.74) is 0.306. The Morgan fingerprint density at radius 1 is 1.00 bits per heavy atom. The van der Waals surface area contributed by atoms with Gasteiger partial charge < -0.3 is 15.3 Å². The average Bonchev–Trinajstić information content (AvgIpc) is 3.39. The Hall–Kier alpha value is -4.20. The molecule has 0 fully saturated rings. The molecule has 1 aliphatic heterocycles. The molecule has 0 bridgehead atoms. The van der Waals surface area contributed by atoms with Gasteiger partial charge in [-0.1, -0.05) is 48.5 Å². The summed E-state index contributed by atoms with van der Waals surface area (Å²) in [6.45, 7) is 0.247. The number of nitrogens with zero attached hydrogens (tertiary/aromatic N) is 2. The Morgan fingerprint density at radius 2 is 1.75 bits per heavy atom. The van der Waals surface area contributed by atoms with E-state index in [0.29, 0.717) is 11.1 Å². The predicted octanol–water partition coefficient (Wildman–Crippen LogP) is 3.78. The van der Waals surface area contributed by atoms with Gasteiger partial charge in [-0.25, -0.2) is 8.78 Å². The molecule has 32 heavy (non-hydrogen) atoms. The van der Waals surface area contributed by atoms with Crippen molar-refractivity contribution in [2.24, 2.45) is 0 Å². The fourth-order valence-corrected chi connectivity index (χ4v) is 4.05. The maximum Gasteiger partial charge on any atom is 0.244 e. The second-order valence-electron chi connectivity index (χ2n) is 7.43. The molecule has 8 heteroatoms. The number of anilines is 1. The van der Waals surface area contributed by atoms with Crippen LogP contribution in [-0.2, 0) is 16.8 Å². The van der Waals surface area contributed by atoms with Crippen LogP contribution in [0.3, 0.4) is 0 Å². The van der Waals surface area contributed by atoms with Crippen LogP contribution in [0, 0.1) is 11.6 Å². The number of amides is 1. The standard InChI is InChI=1S/C24H17F2N3O3/c25-20-11-10-19-22(21(20)26)28-23(31)24(19,16-6-8-18(30)9-7-16)17-12-27-29(13-17)32-14-15-4-2-1-3-5-15/h1-13,30H,14H2,(H,28,31). The van der Waals surface area contributed by atoms with Crippen molar-refractivity contribution in [2.45, 2.75) is 12.0 Å². The summed E-state index contributed by atoms with van der Waals surface area (Å²) in [7, 11) is 0. The Labute approximate surface area is 181 Å². The molecule has 3 aromatic carbocycles. The number of nitrogens with one attached hydrogen (secondary N) is 1. The Kier molecular flexibility index (Phi) is 4.62. The van der Waals surface area contributed by atoms with Crippen LogP contribution >= 0.6 is 0 Å². The molecule has 160 valence electrons. The zero-order valence-electron chi connectivity index (χ0n) is 16.6. The van der Waals surface area contributed by atoms with E-state index in [-0.39, 0.29) is 23.6 Å². The van der Waals surface area contributed by atoms with E-state index in [4.69, 9.17) is 4.84 Å². The summed E-state index contributed by atoms with van der Waals surface area (Å²) in [6, 6.07) is 17.8. The summed E-state index contributed by atoms with van der Waals surface area (Å²) in [5, 5.41) is 16.4. The van der Waals surface area contributed by atoms with Gasteiger partial charge in [-0.05, 0) is 29.3 Å². The van der Waals surface area contributed by atoms with E-state index in [1.165, 1.54) is 35.4 Å². The van der Waals surface area contributed by atoms with E-state index in [0.717, 1.165) is 11.6 Å². The summed E-state index contributed by atoms with van der Waals surface area (Å²) in [5.74, 6) is -2.75. The fraction of sp³-hybridized carbons (Fsp3) is 0.0833. The van der Waals surface area contributed by atoms with Crippen molar-refractivity contribution in [1.82, 2.24) is 9.94 Å². The number of phenolic OH excluding ortho intramolecular Hbond substituents is 1. The molecule has 0 radical (unpaired) electrons. The highest BCUT2D eigenvalue weighted by Gasteiger charge is 2.52. The van der Waals surface area contributed by atoms with Crippen molar-refractivity contribution in [1.29, 1.82) is 0 Å². The van der Waals surface area contributed by atoms with E-state index < -0.39 is 23.0 Å². The topological polar surface area (TPSA) is 76.4 Å². The molecule has 5 rings (SSSR count). The number of carbonyl (C=O) groups excluding carboxylic acids is 1. The molecular weight excluding hydrogens is 416 g/mol. The van der Waals surface area contributed by atoms with Crippen LogP contribution in [0.25, 0.3) is 0 Å². The van der Waals surface area contributed by atoms with Gasteiger partial charge in [-0.2, -0.15) is 0 Å². The zero-order chi connectivity index (χ0) is 22.3. The van der Waals surface area contributed by atoms with Crippen LogP contribution < -0.4 is 10.2 Å². The number of aromatic hydroxyl groups is 1. The molecule has 2 N–H and O–H groups in total. The number of hydrogen-bond donors (Lipinski definition) is 2. The Balaban J connectivity index is 1.62. The number of halogens is 2. The highest BCUT2D eigenvalue weighted by molar-refractivity contribution is 6.11. The maximum atomic E-state index is 14.6. The summed E-state index contributed by atoms with van der Waals surface area (Å²) in [4.78, 5) is 20.3. The van der Waals surface area contributed by atoms with Gasteiger partial charge in [0.15, 0.2) is 11.6 Å². The molecule has 1 unspecified atom stereocenters. The predicted molar refractivity (Wildman–Crippen MR) is 112 cm³/mol. The van der Waals surface area contributed by atoms with Gasteiger partial charge in [-0.15, -0.1) is 9.94 Å². The quantitative estimate of drug-likeness (QED) is 0.502. The molecule has 2 heterocycles. The third-order valence-corrected chi connectivity index (χ3v) is 5.58. The number of benzene rings is 3. The lowest BCUT2D eigenvalue weighted by Gasteiger charge is -2.27. The molecule has 4 aromatic rings. The number of phenols is 1. The van der Waals surface area contributed by atoms with Gasteiger partial charge in [0.05, 0.1) is 18.1 Å². The second kappa shape index (κ2) is 7.49. The molecule has 1 amide bonds. The van der Waals surface area contributed by atoms with Crippen LogP contribution in [0.5, 0.6) is 5.75 Å². The summed E-state index contributed by atoms with van der Waals surface area (Å²) in [6.07, 6.45) is 2.99. The monoisotopic (exact) mass is 433 g/mol. The SMILES string of the molecule is O=C1Nc2c(ccc(F)c2F)C1(c1ccc(O)cc1)c1cnn(OCc2ccccc2)c1. The number of rotatable bonds is 5. The van der Waals surface area contributed by atoms with E-state index in [1.54, 1.807) is 12.1 Å². The van der Waals surface area contributed by atoms with E-state index >= 15 is 0 Å². The van der Waals surface area contributed by atoms with Gasteiger partial charge in [0, 0.05) is 11.1 Å². The lowest BCUT2D eigenvalue weighted by Crippen LogP contribution is -2.36. The minimum atomic E-state index is -1.51. The van der Waals surface area contributed by atoms with Gasteiger partial charge in [0.2, 0.25) is 5.91 Å². The van der Waals surface area contributed by atoms with Crippen LogP contribution in [0.4, 0.5) is 14.5 Å². The molecule has 6 nitrogen and oxygen atoms in total. The van der Waals surface area contributed by atoms with Crippen molar-refractivity contribution in [3.63, 3.8) is 0 Å². The molecule has 1 aliphatic rings. The fourth-order valence-electron chi connectivity index (χ4n) is 4.05. The summed E-state index contributed by atoms with van der Waals surface area (Å²) < 4.78 is 28.4. The minimum absolute atomic E-state index is 0.00899. The molecule has 0 saturated heterocycles. The molecule has 0 spiro atoms. The van der Waals surface area contributed by atoms with E-state index in [9.17, 15) is 18.7 Å². The first-order chi connectivity index (χ1) is 15.5. The normalized spacial score (nSPS) is 17.1. The van der Waals surface area contributed by atoms with Crippen LogP contribution in [0.2, 0.25) is 0 Å². The van der Waals surface area contributed by atoms with Crippen LogP contribution in [0.1, 0.15) is 22.3 Å². The lowest BCUT2D eigenvalue weighted by atomic mass is 9.71. The smallest absolute Gasteiger partial charge is 0.244 e. The number of hydrogen-bond acceptors (Lipinski definition) is 4. The van der Waals surface area contributed by atoms with Crippen molar-refractivity contribution < 1.29 is 23.5 Å². The number of aromatic nitrogens is 2. The molecule has 1 aromatic heterocycles. The molecule has 0 aliphatic carbocycles. The van der Waals surface area contributed by atoms with Crippen molar-refractivity contribution in [3.8, 4) is 5.75 Å². The third-order valence-electron chi connectivity index (χ3n) is 5.58. The lowest BCUT2D eigenvalue weighted by molar-refractivity contribution is -0.118. The first-order valence-corrected chi connectivity index (χ1v) is 9.82. The molecular formula is C24H17F2N3O3. The first kappa shape index (κ1) is 19.7.